The molecule has 1 atom stereocenters. The van der Waals surface area contributed by atoms with Gasteiger partial charge in [-0.2, -0.15) is 0 Å². The maximum atomic E-state index is 13.2. The van der Waals surface area contributed by atoms with Crippen molar-refractivity contribution in [1.82, 2.24) is 20.2 Å². The average molecular weight is 421 g/mol. The number of rotatable bonds is 5. The molecule has 30 heavy (non-hydrogen) atoms. The number of piperidine rings is 1. The zero-order valence-corrected chi connectivity index (χ0v) is 17.7. The average Bonchev–Trinajstić information content (AvgIpc) is 3.20. The van der Waals surface area contributed by atoms with Gasteiger partial charge in [0, 0.05) is 37.6 Å². The maximum absolute atomic E-state index is 13.2. The summed E-state index contributed by atoms with van der Waals surface area (Å²) in [6, 6.07) is 13.6. The van der Waals surface area contributed by atoms with Crippen molar-refractivity contribution in [1.29, 1.82) is 0 Å². The molecule has 3 aromatic rings. The highest BCUT2D eigenvalue weighted by molar-refractivity contribution is 7.17. The molecule has 1 saturated heterocycles. The standard InChI is InChI=1S/C23H24N4O2S/c1-16-20(30-22(26-16)18-9-5-11-24-14-18)23(29)27-12-6-10-19(15-27)21(28)25-13-17-7-3-2-4-8-17/h2-5,7-9,11,14,19H,6,10,12-13,15H2,1H3,(H,25,28). The SMILES string of the molecule is Cc1nc(-c2cccnc2)sc1C(=O)N1CCCC(C(=O)NCc2ccccc2)C1. The largest absolute Gasteiger partial charge is 0.352 e. The number of benzene rings is 1. The first kappa shape index (κ1) is 20.2. The van der Waals surface area contributed by atoms with Gasteiger partial charge in [0.2, 0.25) is 5.91 Å². The minimum absolute atomic E-state index is 0.00780. The van der Waals surface area contributed by atoms with Crippen LogP contribution in [0.15, 0.2) is 54.9 Å². The maximum Gasteiger partial charge on any atom is 0.265 e. The fourth-order valence-electron chi connectivity index (χ4n) is 3.66. The zero-order chi connectivity index (χ0) is 20.9. The molecule has 1 N–H and O–H groups in total. The van der Waals surface area contributed by atoms with Gasteiger partial charge in [0.1, 0.15) is 9.88 Å². The lowest BCUT2D eigenvalue weighted by Crippen LogP contribution is -2.45. The van der Waals surface area contributed by atoms with Gasteiger partial charge in [0.05, 0.1) is 11.6 Å². The van der Waals surface area contributed by atoms with Crippen LogP contribution >= 0.6 is 11.3 Å². The Hall–Kier alpha value is -3.06. The molecule has 2 amide bonds. The Balaban J connectivity index is 1.41. The molecule has 6 nitrogen and oxygen atoms in total. The topological polar surface area (TPSA) is 75.2 Å². The van der Waals surface area contributed by atoms with Crippen LogP contribution in [-0.4, -0.2) is 39.8 Å². The van der Waals surface area contributed by atoms with Crippen molar-refractivity contribution in [3.63, 3.8) is 0 Å². The summed E-state index contributed by atoms with van der Waals surface area (Å²) in [6.45, 7) is 3.48. The van der Waals surface area contributed by atoms with Gasteiger partial charge in [0.15, 0.2) is 0 Å². The number of hydrogen-bond acceptors (Lipinski definition) is 5. The number of nitrogens with one attached hydrogen (secondary N) is 1. The summed E-state index contributed by atoms with van der Waals surface area (Å²) in [5.41, 5.74) is 2.69. The van der Waals surface area contributed by atoms with Gasteiger partial charge in [-0.05, 0) is 37.5 Å². The fourth-order valence-corrected chi connectivity index (χ4v) is 4.68. The molecule has 7 heteroatoms. The molecule has 0 saturated carbocycles. The van der Waals surface area contributed by atoms with Crippen LogP contribution in [0.5, 0.6) is 0 Å². The molecular formula is C23H24N4O2S. The molecule has 4 rings (SSSR count). The summed E-state index contributed by atoms with van der Waals surface area (Å²) < 4.78 is 0. The monoisotopic (exact) mass is 420 g/mol. The second-order valence-electron chi connectivity index (χ2n) is 7.47. The Morgan fingerprint density at radius 2 is 2.03 bits per heavy atom. The number of carbonyl (C=O) groups is 2. The molecule has 1 aliphatic heterocycles. The van der Waals surface area contributed by atoms with Crippen molar-refractivity contribution in [3.8, 4) is 10.6 Å². The van der Waals surface area contributed by atoms with E-state index >= 15 is 0 Å². The van der Waals surface area contributed by atoms with Gasteiger partial charge < -0.3 is 10.2 Å². The van der Waals surface area contributed by atoms with E-state index in [9.17, 15) is 9.59 Å². The van der Waals surface area contributed by atoms with E-state index in [2.05, 4.69) is 15.3 Å². The van der Waals surface area contributed by atoms with Crippen molar-refractivity contribution in [2.45, 2.75) is 26.3 Å². The van der Waals surface area contributed by atoms with Gasteiger partial charge in [0.25, 0.3) is 5.91 Å². The number of thiazole rings is 1. The van der Waals surface area contributed by atoms with Gasteiger partial charge >= 0.3 is 0 Å². The van der Waals surface area contributed by atoms with Crippen LogP contribution in [0.3, 0.4) is 0 Å². The Morgan fingerprint density at radius 3 is 2.80 bits per heavy atom. The summed E-state index contributed by atoms with van der Waals surface area (Å²) in [6.07, 6.45) is 5.09. The van der Waals surface area contributed by atoms with Crippen molar-refractivity contribution >= 4 is 23.2 Å². The first-order chi connectivity index (χ1) is 14.6. The number of carbonyl (C=O) groups excluding carboxylic acids is 2. The lowest BCUT2D eigenvalue weighted by atomic mass is 9.96. The highest BCUT2D eigenvalue weighted by Gasteiger charge is 2.30. The third-order valence-corrected chi connectivity index (χ3v) is 6.48. The molecule has 3 heterocycles. The van der Waals surface area contributed by atoms with Crippen molar-refractivity contribution in [2.75, 3.05) is 13.1 Å². The lowest BCUT2D eigenvalue weighted by molar-refractivity contribution is -0.126. The number of nitrogens with zero attached hydrogens (tertiary/aromatic N) is 3. The second kappa shape index (κ2) is 9.17. The van der Waals surface area contributed by atoms with Crippen LogP contribution in [0.2, 0.25) is 0 Å². The molecule has 1 unspecified atom stereocenters. The number of likely N-dealkylation sites (tertiary alicyclic amines) is 1. The number of hydrogen-bond donors (Lipinski definition) is 1. The predicted octanol–water partition coefficient (Wildman–Crippen LogP) is 3.68. The predicted molar refractivity (Wildman–Crippen MR) is 117 cm³/mol. The summed E-state index contributed by atoms with van der Waals surface area (Å²) in [5.74, 6) is -0.216. The first-order valence-corrected chi connectivity index (χ1v) is 10.9. The van der Waals surface area contributed by atoms with E-state index in [1.165, 1.54) is 11.3 Å². The Kier molecular flexibility index (Phi) is 6.18. The van der Waals surface area contributed by atoms with Crippen LogP contribution in [0.1, 0.15) is 33.8 Å². The second-order valence-corrected chi connectivity index (χ2v) is 8.47. The van der Waals surface area contributed by atoms with Crippen molar-refractivity contribution in [3.05, 3.63) is 71.0 Å². The summed E-state index contributed by atoms with van der Waals surface area (Å²) in [5, 5.41) is 3.80. The Morgan fingerprint density at radius 1 is 1.20 bits per heavy atom. The van der Waals surface area contributed by atoms with Gasteiger partial charge in [-0.1, -0.05) is 30.3 Å². The van der Waals surface area contributed by atoms with Crippen LogP contribution in [-0.2, 0) is 11.3 Å². The third-order valence-electron chi connectivity index (χ3n) is 5.29. The van der Waals surface area contributed by atoms with Crippen LogP contribution < -0.4 is 5.32 Å². The lowest BCUT2D eigenvalue weighted by Gasteiger charge is -2.31. The zero-order valence-electron chi connectivity index (χ0n) is 16.9. The molecule has 0 radical (unpaired) electrons. The van der Waals surface area contributed by atoms with Crippen LogP contribution in [0.4, 0.5) is 0 Å². The number of amides is 2. The van der Waals surface area contributed by atoms with E-state index in [-0.39, 0.29) is 17.7 Å². The third kappa shape index (κ3) is 4.57. The highest BCUT2D eigenvalue weighted by atomic mass is 32.1. The van der Waals surface area contributed by atoms with Crippen molar-refractivity contribution < 1.29 is 9.59 Å². The molecule has 0 spiro atoms. The fraction of sp³-hybridized carbons (Fsp3) is 0.304. The van der Waals surface area contributed by atoms with Gasteiger partial charge in [-0.25, -0.2) is 4.98 Å². The van der Waals surface area contributed by atoms with E-state index in [0.29, 0.717) is 24.5 Å². The molecule has 0 bridgehead atoms. The normalized spacial score (nSPS) is 16.3. The van der Waals surface area contributed by atoms with Gasteiger partial charge in [-0.15, -0.1) is 11.3 Å². The minimum atomic E-state index is -0.183. The molecular weight excluding hydrogens is 396 g/mol. The number of aromatic nitrogens is 2. The molecule has 1 aromatic carbocycles. The molecule has 0 aliphatic carbocycles. The number of pyridine rings is 1. The van der Waals surface area contributed by atoms with E-state index < -0.39 is 0 Å². The van der Waals surface area contributed by atoms with Crippen LogP contribution in [0.25, 0.3) is 10.6 Å². The van der Waals surface area contributed by atoms with Crippen molar-refractivity contribution in [2.24, 2.45) is 5.92 Å². The minimum Gasteiger partial charge on any atom is -0.352 e. The number of aryl methyl sites for hydroxylation is 1. The highest BCUT2D eigenvalue weighted by Crippen LogP contribution is 2.29. The van der Waals surface area contributed by atoms with Crippen LogP contribution in [0, 0.1) is 12.8 Å². The molecule has 154 valence electrons. The summed E-state index contributed by atoms with van der Waals surface area (Å²) in [4.78, 5) is 37.0. The Labute approximate surface area is 180 Å². The van der Waals surface area contributed by atoms with E-state index in [4.69, 9.17) is 0 Å². The van der Waals surface area contributed by atoms with E-state index in [1.54, 1.807) is 17.3 Å². The van der Waals surface area contributed by atoms with Gasteiger partial charge in [-0.3, -0.25) is 14.6 Å². The first-order valence-electron chi connectivity index (χ1n) is 10.1. The molecule has 1 aliphatic rings. The molecule has 1 fully saturated rings. The summed E-state index contributed by atoms with van der Waals surface area (Å²) >= 11 is 1.39. The quantitative estimate of drug-likeness (QED) is 0.683. The Bertz CT molecular complexity index is 1020. The smallest absolute Gasteiger partial charge is 0.265 e. The molecule has 2 aromatic heterocycles. The van der Waals surface area contributed by atoms with E-state index in [0.717, 1.165) is 34.7 Å². The van der Waals surface area contributed by atoms with E-state index in [1.807, 2.05) is 49.4 Å². The summed E-state index contributed by atoms with van der Waals surface area (Å²) in [7, 11) is 0.